The van der Waals surface area contributed by atoms with E-state index in [4.69, 9.17) is 5.26 Å². The van der Waals surface area contributed by atoms with E-state index in [0.29, 0.717) is 10.8 Å². The summed E-state index contributed by atoms with van der Waals surface area (Å²) in [5.74, 6) is 0. The number of hydrogen-bond acceptors (Lipinski definition) is 1. The highest BCUT2D eigenvalue weighted by molar-refractivity contribution is 5.01. The highest BCUT2D eigenvalue weighted by atomic mass is 14.3. The van der Waals surface area contributed by atoms with E-state index in [9.17, 15) is 0 Å². The summed E-state index contributed by atoms with van der Waals surface area (Å²) in [4.78, 5) is 0. The number of nitriles is 1. The van der Waals surface area contributed by atoms with E-state index in [0.717, 1.165) is 12.8 Å². The molecule has 0 aliphatic carbocycles. The van der Waals surface area contributed by atoms with E-state index in [2.05, 4.69) is 34.6 Å². The van der Waals surface area contributed by atoms with Gasteiger partial charge in [0, 0.05) is 6.08 Å². The molecule has 80 valence electrons. The summed E-state index contributed by atoms with van der Waals surface area (Å²) in [7, 11) is 0. The highest BCUT2D eigenvalue weighted by Crippen LogP contribution is 2.36. The van der Waals surface area contributed by atoms with Crippen molar-refractivity contribution in [2.45, 2.75) is 53.9 Å². The summed E-state index contributed by atoms with van der Waals surface area (Å²) in [5, 5.41) is 8.35. The molecular weight excluding hydrogens is 170 g/mol. The van der Waals surface area contributed by atoms with Crippen LogP contribution in [0.3, 0.4) is 0 Å². The van der Waals surface area contributed by atoms with Crippen molar-refractivity contribution in [3.63, 3.8) is 0 Å². The molecule has 1 heteroatoms. The monoisotopic (exact) mass is 193 g/mol. The van der Waals surface area contributed by atoms with Crippen molar-refractivity contribution in [1.29, 1.82) is 5.26 Å². The fourth-order valence-corrected chi connectivity index (χ4v) is 2.13. The van der Waals surface area contributed by atoms with Crippen LogP contribution in [0.1, 0.15) is 53.9 Å². The van der Waals surface area contributed by atoms with Crippen LogP contribution < -0.4 is 0 Å². The summed E-state index contributed by atoms with van der Waals surface area (Å²) in [6, 6.07) is 2.02. The third kappa shape index (κ3) is 7.86. The van der Waals surface area contributed by atoms with Crippen LogP contribution in [0.5, 0.6) is 0 Å². The molecule has 0 atom stereocenters. The van der Waals surface area contributed by atoms with Crippen LogP contribution in [0.15, 0.2) is 12.2 Å². The van der Waals surface area contributed by atoms with Gasteiger partial charge < -0.3 is 0 Å². The minimum absolute atomic E-state index is 0.373. The van der Waals surface area contributed by atoms with E-state index in [1.807, 2.05) is 12.1 Å². The quantitative estimate of drug-likeness (QED) is 0.610. The molecule has 0 rings (SSSR count). The fraction of sp³-hybridized carbons (Fsp3) is 0.769. The molecule has 0 saturated carbocycles. The van der Waals surface area contributed by atoms with Crippen molar-refractivity contribution in [3.05, 3.63) is 12.2 Å². The second-order valence-corrected chi connectivity index (χ2v) is 5.97. The Morgan fingerprint density at radius 1 is 1.14 bits per heavy atom. The Hall–Kier alpha value is -0.770. The van der Waals surface area contributed by atoms with Crippen LogP contribution >= 0.6 is 0 Å². The van der Waals surface area contributed by atoms with Gasteiger partial charge in [0.15, 0.2) is 0 Å². The molecule has 1 nitrogen and oxygen atoms in total. The molecule has 0 amide bonds. The van der Waals surface area contributed by atoms with Crippen LogP contribution in [0.4, 0.5) is 0 Å². The first-order valence-electron chi connectivity index (χ1n) is 5.31. The average Bonchev–Trinajstić information content (AvgIpc) is 1.93. The van der Waals surface area contributed by atoms with Crippen LogP contribution in [-0.2, 0) is 0 Å². The summed E-state index contributed by atoms with van der Waals surface area (Å²) in [6.07, 6.45) is 6.93. The van der Waals surface area contributed by atoms with Gasteiger partial charge in [-0.1, -0.05) is 40.7 Å². The van der Waals surface area contributed by atoms with Gasteiger partial charge in [0.1, 0.15) is 0 Å². The van der Waals surface area contributed by atoms with Crippen molar-refractivity contribution < 1.29 is 0 Å². The predicted octanol–water partition coefficient (Wildman–Crippen LogP) is 4.31. The Bertz CT molecular complexity index is 223. The zero-order valence-corrected chi connectivity index (χ0v) is 10.2. The highest BCUT2D eigenvalue weighted by Gasteiger charge is 2.24. The van der Waals surface area contributed by atoms with Crippen molar-refractivity contribution in [3.8, 4) is 6.07 Å². The van der Waals surface area contributed by atoms with Gasteiger partial charge in [-0.25, -0.2) is 0 Å². The minimum atomic E-state index is 0.373. The molecule has 0 aromatic carbocycles. The molecule has 0 heterocycles. The van der Waals surface area contributed by atoms with Crippen LogP contribution in [-0.4, -0.2) is 0 Å². The van der Waals surface area contributed by atoms with Crippen molar-refractivity contribution in [1.82, 2.24) is 0 Å². The van der Waals surface area contributed by atoms with Gasteiger partial charge in [0.05, 0.1) is 6.07 Å². The molecule has 0 aromatic heterocycles. The van der Waals surface area contributed by atoms with E-state index in [1.165, 1.54) is 6.42 Å². The molecule has 0 N–H and O–H groups in total. The normalized spacial score (nSPS) is 13.1. The van der Waals surface area contributed by atoms with Gasteiger partial charge in [-0.15, -0.1) is 0 Å². The lowest BCUT2D eigenvalue weighted by atomic mass is 9.74. The molecule has 0 spiro atoms. The maximum atomic E-state index is 8.35. The Morgan fingerprint density at radius 3 is 2.14 bits per heavy atom. The van der Waals surface area contributed by atoms with E-state index in [-0.39, 0.29) is 0 Å². The third-order valence-corrected chi connectivity index (χ3v) is 2.19. The maximum Gasteiger partial charge on any atom is 0.0908 e. The number of allylic oxidation sites excluding steroid dienone is 2. The molecule has 0 radical (unpaired) electrons. The van der Waals surface area contributed by atoms with Crippen molar-refractivity contribution >= 4 is 0 Å². The number of nitrogens with zero attached hydrogens (tertiary/aromatic N) is 1. The molecule has 0 aliphatic rings. The van der Waals surface area contributed by atoms with E-state index < -0.39 is 0 Å². The summed E-state index contributed by atoms with van der Waals surface area (Å²) in [5.41, 5.74) is 0.764. The van der Waals surface area contributed by atoms with Crippen LogP contribution in [0.25, 0.3) is 0 Å². The van der Waals surface area contributed by atoms with Gasteiger partial charge >= 0.3 is 0 Å². The first-order chi connectivity index (χ1) is 6.27. The molecule has 0 aliphatic heterocycles. The molecular formula is C13H23N. The van der Waals surface area contributed by atoms with Crippen molar-refractivity contribution in [2.24, 2.45) is 10.8 Å². The first-order valence-corrected chi connectivity index (χ1v) is 5.31. The van der Waals surface area contributed by atoms with Crippen LogP contribution in [0, 0.1) is 22.2 Å². The lowest BCUT2D eigenvalue weighted by molar-refractivity contribution is 0.200. The number of hydrogen-bond donors (Lipinski definition) is 0. The number of rotatable bonds is 4. The summed E-state index contributed by atoms with van der Waals surface area (Å²) >= 11 is 0. The standard InChI is InChI=1S/C13H23N/c1-12(2,3)11-13(4,5)9-7-6-8-10-14/h6,8H,7,9,11H2,1-5H3/b8-6+. The fourth-order valence-electron chi connectivity index (χ4n) is 2.13. The second-order valence-electron chi connectivity index (χ2n) is 5.97. The Labute approximate surface area is 88.8 Å². The molecule has 0 saturated heterocycles. The minimum Gasteiger partial charge on any atom is -0.193 e. The van der Waals surface area contributed by atoms with Gasteiger partial charge in [-0.2, -0.15) is 5.26 Å². The molecule has 0 unspecified atom stereocenters. The zero-order valence-electron chi connectivity index (χ0n) is 10.2. The molecule has 0 aromatic rings. The molecule has 0 bridgehead atoms. The van der Waals surface area contributed by atoms with Gasteiger partial charge in [-0.3, -0.25) is 0 Å². The average molecular weight is 193 g/mol. The van der Waals surface area contributed by atoms with Gasteiger partial charge in [-0.05, 0) is 30.1 Å². The Kier molecular flexibility index (Phi) is 4.91. The maximum absolute atomic E-state index is 8.35. The third-order valence-electron chi connectivity index (χ3n) is 2.19. The topological polar surface area (TPSA) is 23.8 Å². The zero-order chi connectivity index (χ0) is 11.2. The lowest BCUT2D eigenvalue weighted by Gasteiger charge is -2.32. The lowest BCUT2D eigenvalue weighted by Crippen LogP contribution is -2.20. The predicted molar refractivity (Wildman–Crippen MR) is 61.8 cm³/mol. The summed E-state index contributed by atoms with van der Waals surface area (Å²) < 4.78 is 0. The SMILES string of the molecule is CC(C)(C)CC(C)(C)CC/C=C/C#N. The molecule has 14 heavy (non-hydrogen) atoms. The largest absolute Gasteiger partial charge is 0.193 e. The van der Waals surface area contributed by atoms with E-state index in [1.54, 1.807) is 6.08 Å². The van der Waals surface area contributed by atoms with E-state index >= 15 is 0 Å². The van der Waals surface area contributed by atoms with Gasteiger partial charge in [0.25, 0.3) is 0 Å². The van der Waals surface area contributed by atoms with Crippen molar-refractivity contribution in [2.75, 3.05) is 0 Å². The van der Waals surface area contributed by atoms with Crippen LogP contribution in [0.2, 0.25) is 0 Å². The summed E-state index contributed by atoms with van der Waals surface area (Å²) in [6.45, 7) is 11.4. The Balaban J connectivity index is 3.97. The smallest absolute Gasteiger partial charge is 0.0908 e. The molecule has 0 fully saturated rings. The Morgan fingerprint density at radius 2 is 1.71 bits per heavy atom. The first kappa shape index (κ1) is 13.2. The second kappa shape index (κ2) is 5.20. The van der Waals surface area contributed by atoms with Gasteiger partial charge in [0.2, 0.25) is 0 Å².